The van der Waals surface area contributed by atoms with Gasteiger partial charge in [0.25, 0.3) is 5.91 Å². The second-order valence-electron chi connectivity index (χ2n) is 10.2. The number of aliphatic hydroxyl groups is 2. The van der Waals surface area contributed by atoms with E-state index in [-0.39, 0.29) is 24.4 Å². The highest BCUT2D eigenvalue weighted by Crippen LogP contribution is 2.51. The Morgan fingerprint density at radius 1 is 1.33 bits per heavy atom. The van der Waals surface area contributed by atoms with Crippen LogP contribution in [0.1, 0.15) is 54.6 Å². The van der Waals surface area contributed by atoms with Gasteiger partial charge < -0.3 is 29.7 Å². The van der Waals surface area contributed by atoms with Crippen LogP contribution in [0, 0.1) is 0 Å². The van der Waals surface area contributed by atoms with Crippen molar-refractivity contribution in [3.63, 3.8) is 0 Å². The third-order valence-electron chi connectivity index (χ3n) is 7.47. The molecule has 2 bridgehead atoms. The molecule has 2 aromatic rings. The normalized spacial score (nSPS) is 32.9. The maximum Gasteiger partial charge on any atom is 0.271 e. The molecule has 2 fully saturated rings. The molecule has 0 radical (unpaired) electrons. The van der Waals surface area contributed by atoms with Crippen molar-refractivity contribution in [1.29, 1.82) is 0 Å². The third kappa shape index (κ3) is 4.71. The number of ether oxygens (including phenoxy) is 1. The minimum Gasteiger partial charge on any atom is -0.388 e. The first kappa shape index (κ1) is 23.9. The van der Waals surface area contributed by atoms with E-state index in [9.17, 15) is 15.0 Å². The molecule has 2 aliphatic heterocycles. The smallest absolute Gasteiger partial charge is 0.271 e. The van der Waals surface area contributed by atoms with Crippen LogP contribution in [0.4, 0.5) is 0 Å². The zero-order chi connectivity index (χ0) is 23.8. The van der Waals surface area contributed by atoms with Crippen LogP contribution >= 0.6 is 0 Å². The second-order valence-corrected chi connectivity index (χ2v) is 10.2. The average molecular weight is 457 g/mol. The lowest BCUT2D eigenvalue weighted by Gasteiger charge is -2.52. The van der Waals surface area contributed by atoms with E-state index in [1.54, 1.807) is 24.1 Å². The maximum absolute atomic E-state index is 12.5. The van der Waals surface area contributed by atoms with Crippen LogP contribution < -0.4 is 5.32 Å². The van der Waals surface area contributed by atoms with Crippen LogP contribution in [0.15, 0.2) is 42.9 Å². The van der Waals surface area contributed by atoms with Gasteiger partial charge in [0.05, 0.1) is 23.6 Å². The number of carbonyl (C=O) groups is 1. The number of rotatable bonds is 6. The van der Waals surface area contributed by atoms with Crippen molar-refractivity contribution in [2.45, 2.75) is 68.0 Å². The van der Waals surface area contributed by atoms with Crippen molar-refractivity contribution in [2.24, 2.45) is 7.05 Å². The van der Waals surface area contributed by atoms with Crippen LogP contribution in [0.3, 0.4) is 0 Å². The van der Waals surface area contributed by atoms with Gasteiger partial charge in [-0.1, -0.05) is 30.3 Å². The minimum atomic E-state index is -0.927. The molecule has 8 heteroatoms. The van der Waals surface area contributed by atoms with Crippen molar-refractivity contribution >= 4 is 5.91 Å². The number of hydrogen-bond donors (Lipinski definition) is 3. The number of fused-ring (bicyclic) bond motifs is 2. The summed E-state index contributed by atoms with van der Waals surface area (Å²) in [5.74, 6) is -0.203. The molecule has 1 aromatic carbocycles. The lowest BCUT2D eigenvalue weighted by Crippen LogP contribution is -2.61. The number of benzene rings is 1. The molecule has 3 N–H and O–H groups in total. The molecule has 1 amide bonds. The van der Waals surface area contributed by atoms with Crippen molar-refractivity contribution in [2.75, 3.05) is 20.6 Å². The van der Waals surface area contributed by atoms with Crippen LogP contribution in [0.25, 0.3) is 0 Å². The molecule has 0 aliphatic carbocycles. The summed E-state index contributed by atoms with van der Waals surface area (Å²) in [4.78, 5) is 18.7. The molecule has 2 aliphatic rings. The van der Waals surface area contributed by atoms with Crippen molar-refractivity contribution in [3.8, 4) is 0 Å². The lowest BCUT2D eigenvalue weighted by atomic mass is 9.72. The number of hydrogen-bond acceptors (Lipinski definition) is 6. The Morgan fingerprint density at radius 2 is 2.06 bits per heavy atom. The highest BCUT2D eigenvalue weighted by atomic mass is 16.6. The van der Waals surface area contributed by atoms with Gasteiger partial charge in [0, 0.05) is 25.8 Å². The van der Waals surface area contributed by atoms with E-state index in [1.807, 2.05) is 44.1 Å². The largest absolute Gasteiger partial charge is 0.388 e. The number of imidazole rings is 1. The first-order valence-corrected chi connectivity index (χ1v) is 11.7. The third-order valence-corrected chi connectivity index (χ3v) is 7.47. The Morgan fingerprint density at radius 3 is 2.70 bits per heavy atom. The Bertz CT molecular complexity index is 964. The minimum absolute atomic E-state index is 0.0513. The highest BCUT2D eigenvalue weighted by molar-refractivity contribution is 5.92. The topological polar surface area (TPSA) is 99.9 Å². The standard InChI is InChI=1S/C25H36N4O4/c1-24-12-18(17-8-6-5-7-9-17)13-25(33-24,11-10-20(22(24)31)28(2)3)21(30)14-26-23(32)19-15-29(4)16-27-19/h5-9,15-16,18,20-22,30-31H,10-14H2,1-4H3,(H,26,32)/t18-,20-,21-,22+,24+,25+/m1/s1. The quantitative estimate of drug-likeness (QED) is 0.612. The van der Waals surface area contributed by atoms with Gasteiger partial charge in [0.15, 0.2) is 0 Å². The van der Waals surface area contributed by atoms with E-state index in [4.69, 9.17) is 4.74 Å². The van der Waals surface area contributed by atoms with Gasteiger partial charge in [-0.15, -0.1) is 0 Å². The predicted octanol–water partition coefficient (Wildman–Crippen LogP) is 1.69. The Hall–Kier alpha value is -2.26. The molecule has 0 saturated carbocycles. The molecule has 6 atom stereocenters. The van der Waals surface area contributed by atoms with Crippen LogP contribution in [0.5, 0.6) is 0 Å². The second kappa shape index (κ2) is 9.18. The Kier molecular flexibility index (Phi) is 6.64. The summed E-state index contributed by atoms with van der Waals surface area (Å²) in [6.45, 7) is 2.01. The average Bonchev–Trinajstić information content (AvgIpc) is 3.20. The molecule has 0 unspecified atom stereocenters. The summed E-state index contributed by atoms with van der Waals surface area (Å²) in [7, 11) is 5.74. The lowest BCUT2D eigenvalue weighted by molar-refractivity contribution is -0.250. The van der Waals surface area contributed by atoms with E-state index >= 15 is 0 Å². The number of nitrogens with one attached hydrogen (secondary N) is 1. The molecule has 0 spiro atoms. The number of aromatic nitrogens is 2. The summed E-state index contributed by atoms with van der Waals surface area (Å²) in [5, 5.41) is 25.6. The number of likely N-dealkylation sites (N-methyl/N-ethyl adjacent to an activating group) is 1. The van der Waals surface area contributed by atoms with E-state index in [0.29, 0.717) is 31.4 Å². The summed E-state index contributed by atoms with van der Waals surface area (Å²) >= 11 is 0. The number of aryl methyl sites for hydroxylation is 1. The molecule has 180 valence electrons. The Balaban J connectivity index is 1.61. The molecule has 4 rings (SSSR count). The van der Waals surface area contributed by atoms with Gasteiger partial charge in [0.2, 0.25) is 0 Å². The molecule has 2 saturated heterocycles. The first-order chi connectivity index (χ1) is 15.6. The zero-order valence-corrected chi connectivity index (χ0v) is 19.9. The molecule has 33 heavy (non-hydrogen) atoms. The fourth-order valence-electron chi connectivity index (χ4n) is 5.69. The van der Waals surface area contributed by atoms with Gasteiger partial charge >= 0.3 is 0 Å². The van der Waals surface area contributed by atoms with Crippen LogP contribution in [-0.4, -0.2) is 80.7 Å². The van der Waals surface area contributed by atoms with Gasteiger partial charge in [-0.3, -0.25) is 4.79 Å². The van der Waals surface area contributed by atoms with E-state index < -0.39 is 23.4 Å². The molecular weight excluding hydrogens is 420 g/mol. The van der Waals surface area contributed by atoms with E-state index in [2.05, 4.69) is 22.4 Å². The summed E-state index contributed by atoms with van der Waals surface area (Å²) < 4.78 is 8.38. The van der Waals surface area contributed by atoms with Crippen molar-refractivity contribution in [3.05, 3.63) is 54.1 Å². The maximum atomic E-state index is 12.5. The number of aliphatic hydroxyl groups excluding tert-OH is 2. The predicted molar refractivity (Wildman–Crippen MR) is 125 cm³/mol. The SMILES string of the molecule is CN(C)[C@@H]1CC[C@@]2([C@H](O)CNC(=O)c3cn(C)cn3)C[C@H](c3ccccc3)C[C@](C)(O2)[C@H]1O. The number of amides is 1. The molecular formula is C25H36N4O4. The summed E-state index contributed by atoms with van der Waals surface area (Å²) in [6, 6.07) is 10.2. The van der Waals surface area contributed by atoms with Gasteiger partial charge in [0.1, 0.15) is 11.8 Å². The zero-order valence-electron chi connectivity index (χ0n) is 19.9. The monoisotopic (exact) mass is 456 g/mol. The van der Waals surface area contributed by atoms with Gasteiger partial charge in [-0.05, 0) is 58.2 Å². The number of nitrogens with zero attached hydrogens (tertiary/aromatic N) is 3. The number of carbonyl (C=O) groups excluding carboxylic acids is 1. The van der Waals surface area contributed by atoms with Crippen LogP contribution in [0.2, 0.25) is 0 Å². The molecule has 3 heterocycles. The summed E-state index contributed by atoms with van der Waals surface area (Å²) in [6.07, 6.45) is 4.15. The molecule has 1 aromatic heterocycles. The Labute approximate surface area is 195 Å². The molecule has 8 nitrogen and oxygen atoms in total. The first-order valence-electron chi connectivity index (χ1n) is 11.7. The highest BCUT2D eigenvalue weighted by Gasteiger charge is 2.57. The van der Waals surface area contributed by atoms with Gasteiger partial charge in [-0.2, -0.15) is 0 Å². The van der Waals surface area contributed by atoms with Gasteiger partial charge in [-0.25, -0.2) is 4.98 Å². The summed E-state index contributed by atoms with van der Waals surface area (Å²) in [5.41, 5.74) is -0.216. The van der Waals surface area contributed by atoms with Crippen LogP contribution in [-0.2, 0) is 11.8 Å². The fraction of sp³-hybridized carbons (Fsp3) is 0.600. The fourth-order valence-corrected chi connectivity index (χ4v) is 5.69. The van der Waals surface area contributed by atoms with E-state index in [1.165, 1.54) is 5.56 Å². The van der Waals surface area contributed by atoms with E-state index in [0.717, 1.165) is 0 Å². The van der Waals surface area contributed by atoms with Crippen molar-refractivity contribution < 1.29 is 19.7 Å². The van der Waals surface area contributed by atoms with Crippen molar-refractivity contribution in [1.82, 2.24) is 19.8 Å².